The highest BCUT2D eigenvalue weighted by Gasteiger charge is 2.32. The predicted molar refractivity (Wildman–Crippen MR) is 98.9 cm³/mol. The molecule has 0 aliphatic carbocycles. The molecule has 0 radical (unpaired) electrons. The molecule has 3 heterocycles. The number of amides is 2. The third kappa shape index (κ3) is 3.73. The van der Waals surface area contributed by atoms with Gasteiger partial charge < -0.3 is 10.2 Å². The molecule has 1 aromatic heterocycles. The van der Waals surface area contributed by atoms with Gasteiger partial charge in [-0.1, -0.05) is 24.3 Å². The maximum Gasteiger partial charge on any atom is 0.318 e. The smallest absolute Gasteiger partial charge is 0.318 e. The van der Waals surface area contributed by atoms with Gasteiger partial charge in [0.05, 0.1) is 0 Å². The van der Waals surface area contributed by atoms with Crippen LogP contribution in [0.25, 0.3) is 0 Å². The molecule has 0 unspecified atom stereocenters. The number of nitrogens with zero attached hydrogens (tertiary/aromatic N) is 3. The molecule has 5 nitrogen and oxygen atoms in total. The highest BCUT2D eigenvalue weighted by Crippen LogP contribution is 2.32. The van der Waals surface area contributed by atoms with Gasteiger partial charge in [-0.3, -0.25) is 0 Å². The summed E-state index contributed by atoms with van der Waals surface area (Å²) in [6.07, 6.45) is 1.79. The zero-order chi connectivity index (χ0) is 17.9. The number of aromatic nitrogens is 1. The first-order valence-electron chi connectivity index (χ1n) is 8.49. The molecule has 0 bridgehead atoms. The van der Waals surface area contributed by atoms with Gasteiger partial charge in [0.15, 0.2) is 0 Å². The van der Waals surface area contributed by atoms with E-state index in [0.29, 0.717) is 18.7 Å². The van der Waals surface area contributed by atoms with E-state index < -0.39 is 0 Å². The van der Waals surface area contributed by atoms with Gasteiger partial charge in [-0.05, 0) is 41.3 Å². The zero-order valence-electron chi connectivity index (χ0n) is 14.2. The Labute approximate surface area is 156 Å². The molecule has 0 fully saturated rings. The average Bonchev–Trinajstić information content (AvgIpc) is 3.20. The van der Waals surface area contributed by atoms with Gasteiger partial charge in [0.25, 0.3) is 0 Å². The second-order valence-corrected chi connectivity index (χ2v) is 7.49. The number of hydrogen-bond acceptors (Lipinski definition) is 4. The molecular formula is C19H19FN4OS. The van der Waals surface area contributed by atoms with Crippen LogP contribution in [0.1, 0.15) is 5.56 Å². The van der Waals surface area contributed by atoms with E-state index in [-0.39, 0.29) is 18.4 Å². The van der Waals surface area contributed by atoms with Crippen molar-refractivity contribution in [2.75, 3.05) is 26.2 Å². The number of pyridine rings is 1. The summed E-state index contributed by atoms with van der Waals surface area (Å²) in [5.41, 5.74) is 3.10. The van der Waals surface area contributed by atoms with Crippen molar-refractivity contribution in [1.29, 1.82) is 0 Å². The van der Waals surface area contributed by atoms with Crippen LogP contribution in [-0.2, 0) is 6.54 Å². The van der Waals surface area contributed by atoms with Gasteiger partial charge in [0.2, 0.25) is 0 Å². The monoisotopic (exact) mass is 370 g/mol. The number of nitrogens with one attached hydrogen (secondary N) is 1. The minimum absolute atomic E-state index is 0.147. The second-order valence-electron chi connectivity index (χ2n) is 6.37. The summed E-state index contributed by atoms with van der Waals surface area (Å²) in [6.45, 7) is 3.16. The Morgan fingerprint density at radius 1 is 1.08 bits per heavy atom. The highest BCUT2D eigenvalue weighted by atomic mass is 32.2. The van der Waals surface area contributed by atoms with Crippen molar-refractivity contribution in [2.24, 2.45) is 0 Å². The summed E-state index contributed by atoms with van der Waals surface area (Å²) in [6, 6.07) is 12.2. The molecule has 0 saturated carbocycles. The minimum Gasteiger partial charge on any atom is -0.334 e. The number of carbonyl (C=O) groups is 1. The standard InChI is InChI=1S/C19H19FN4OS/c20-17-6-2-1-5-14(17)9-22-19(25)23-10-15-12-24(13-16(15)11-23)26-18-7-3-4-8-21-18/h1-8H,9-13H2,(H,22,25). The molecule has 2 amide bonds. The van der Waals surface area contributed by atoms with Crippen LogP contribution >= 0.6 is 11.9 Å². The molecule has 2 aromatic rings. The normalized spacial score (nSPS) is 16.9. The van der Waals surface area contributed by atoms with Crippen LogP contribution in [0.4, 0.5) is 9.18 Å². The van der Waals surface area contributed by atoms with Crippen LogP contribution in [-0.4, -0.2) is 46.4 Å². The fourth-order valence-electron chi connectivity index (χ4n) is 3.21. The number of rotatable bonds is 4. The van der Waals surface area contributed by atoms with E-state index in [1.54, 1.807) is 41.2 Å². The lowest BCUT2D eigenvalue weighted by Gasteiger charge is -2.22. The van der Waals surface area contributed by atoms with E-state index in [1.165, 1.54) is 17.2 Å². The fraction of sp³-hybridized carbons (Fsp3) is 0.263. The number of benzene rings is 1. The average molecular weight is 370 g/mol. The second kappa shape index (κ2) is 7.47. The molecule has 0 atom stereocenters. The van der Waals surface area contributed by atoms with E-state index >= 15 is 0 Å². The Kier molecular flexibility index (Phi) is 4.90. The highest BCUT2D eigenvalue weighted by molar-refractivity contribution is 7.97. The molecule has 1 aromatic carbocycles. The quantitative estimate of drug-likeness (QED) is 0.664. The van der Waals surface area contributed by atoms with E-state index in [0.717, 1.165) is 18.1 Å². The molecule has 0 saturated heterocycles. The van der Waals surface area contributed by atoms with Crippen molar-refractivity contribution in [1.82, 2.24) is 19.5 Å². The minimum atomic E-state index is -0.294. The van der Waals surface area contributed by atoms with E-state index in [1.807, 2.05) is 18.2 Å². The van der Waals surface area contributed by atoms with Crippen molar-refractivity contribution in [3.05, 3.63) is 71.2 Å². The summed E-state index contributed by atoms with van der Waals surface area (Å²) >= 11 is 1.65. The van der Waals surface area contributed by atoms with Gasteiger partial charge in [0, 0.05) is 44.5 Å². The first kappa shape index (κ1) is 17.1. The third-order valence-electron chi connectivity index (χ3n) is 4.53. The lowest BCUT2D eigenvalue weighted by atomic mass is 10.2. The molecule has 4 rings (SSSR count). The van der Waals surface area contributed by atoms with Crippen LogP contribution in [0.3, 0.4) is 0 Å². The van der Waals surface area contributed by atoms with E-state index in [4.69, 9.17) is 0 Å². The molecule has 2 aliphatic heterocycles. The van der Waals surface area contributed by atoms with Crippen molar-refractivity contribution in [3.8, 4) is 0 Å². The lowest BCUT2D eigenvalue weighted by molar-refractivity contribution is 0.208. The number of carbonyl (C=O) groups excluding carboxylic acids is 1. The van der Waals surface area contributed by atoms with Gasteiger partial charge in [-0.25, -0.2) is 18.5 Å². The molecular weight excluding hydrogens is 351 g/mol. The van der Waals surface area contributed by atoms with Gasteiger partial charge in [-0.2, -0.15) is 0 Å². The topological polar surface area (TPSA) is 48.5 Å². The van der Waals surface area contributed by atoms with Crippen LogP contribution in [0.5, 0.6) is 0 Å². The van der Waals surface area contributed by atoms with Crippen molar-refractivity contribution < 1.29 is 9.18 Å². The van der Waals surface area contributed by atoms with Gasteiger partial charge in [0.1, 0.15) is 10.8 Å². The molecule has 2 aliphatic rings. The molecule has 7 heteroatoms. The van der Waals surface area contributed by atoms with Crippen LogP contribution in [0.15, 0.2) is 64.8 Å². The number of halogens is 1. The van der Waals surface area contributed by atoms with E-state index in [2.05, 4.69) is 14.6 Å². The van der Waals surface area contributed by atoms with Crippen LogP contribution in [0, 0.1) is 5.82 Å². The van der Waals surface area contributed by atoms with Crippen molar-refractivity contribution in [2.45, 2.75) is 11.6 Å². The fourth-order valence-corrected chi connectivity index (χ4v) is 4.16. The summed E-state index contributed by atoms with van der Waals surface area (Å²) in [7, 11) is 0. The summed E-state index contributed by atoms with van der Waals surface area (Å²) in [5, 5.41) is 3.79. The third-order valence-corrected chi connectivity index (χ3v) is 5.48. The van der Waals surface area contributed by atoms with Crippen LogP contribution in [0.2, 0.25) is 0 Å². The predicted octanol–water partition coefficient (Wildman–Crippen LogP) is 3.07. The van der Waals surface area contributed by atoms with E-state index in [9.17, 15) is 9.18 Å². The number of urea groups is 1. The lowest BCUT2D eigenvalue weighted by Crippen LogP contribution is -2.40. The van der Waals surface area contributed by atoms with Gasteiger partial charge >= 0.3 is 6.03 Å². The van der Waals surface area contributed by atoms with Gasteiger partial charge in [-0.15, -0.1) is 0 Å². The molecule has 0 spiro atoms. The Morgan fingerprint density at radius 2 is 1.81 bits per heavy atom. The Balaban J connectivity index is 1.27. The molecule has 1 N–H and O–H groups in total. The SMILES string of the molecule is O=C(NCc1ccccc1F)N1CC2=C(CN(Sc3ccccn3)C2)C1. The zero-order valence-corrected chi connectivity index (χ0v) is 15.0. The first-order valence-corrected chi connectivity index (χ1v) is 9.26. The largest absolute Gasteiger partial charge is 0.334 e. The Hall–Kier alpha value is -2.38. The number of hydrogen-bond donors (Lipinski definition) is 1. The molecule has 134 valence electrons. The summed E-state index contributed by atoms with van der Waals surface area (Å²) < 4.78 is 15.9. The Bertz CT molecular complexity index is 824. The summed E-state index contributed by atoms with van der Waals surface area (Å²) in [5.74, 6) is -0.294. The first-order chi connectivity index (χ1) is 12.7. The molecule has 26 heavy (non-hydrogen) atoms. The van der Waals surface area contributed by atoms with Crippen LogP contribution < -0.4 is 5.32 Å². The van der Waals surface area contributed by atoms with Crippen molar-refractivity contribution >= 4 is 18.0 Å². The van der Waals surface area contributed by atoms with Crippen molar-refractivity contribution in [3.63, 3.8) is 0 Å². The Morgan fingerprint density at radius 3 is 2.50 bits per heavy atom. The maximum absolute atomic E-state index is 13.6. The maximum atomic E-state index is 13.6. The summed E-state index contributed by atoms with van der Waals surface area (Å²) in [4.78, 5) is 18.5.